The van der Waals surface area contributed by atoms with E-state index in [-0.39, 0.29) is 35.9 Å². The number of aryl methyl sites for hydroxylation is 1. The topological polar surface area (TPSA) is 129 Å². The Morgan fingerprint density at radius 3 is 2.17 bits per heavy atom. The Morgan fingerprint density at radius 1 is 1.07 bits per heavy atom. The van der Waals surface area contributed by atoms with Crippen LogP contribution in [0.25, 0.3) is 0 Å². The number of tetrazole rings is 1. The van der Waals surface area contributed by atoms with Crippen molar-refractivity contribution in [1.29, 1.82) is 0 Å². The van der Waals surface area contributed by atoms with Crippen LogP contribution in [0.2, 0.25) is 0 Å². The molecule has 41 heavy (non-hydrogen) atoms. The first-order valence-electron chi connectivity index (χ1n) is 12.7. The molecule has 0 bridgehead atoms. The third kappa shape index (κ3) is 6.92. The molecule has 0 radical (unpaired) electrons. The summed E-state index contributed by atoms with van der Waals surface area (Å²) in [6.07, 6.45) is -5.18. The maximum absolute atomic E-state index is 13.5. The number of anilines is 1. The molecule has 10 nitrogen and oxygen atoms in total. The molecule has 1 aliphatic rings. The predicted molar refractivity (Wildman–Crippen MR) is 134 cm³/mol. The lowest BCUT2D eigenvalue weighted by atomic mass is 9.75. The van der Waals surface area contributed by atoms with Gasteiger partial charge in [-0.2, -0.15) is 31.1 Å². The number of benzene rings is 1. The average Bonchev–Trinajstić information content (AvgIpc) is 3.51. The van der Waals surface area contributed by atoms with Gasteiger partial charge in [-0.05, 0) is 55.2 Å². The van der Waals surface area contributed by atoms with Gasteiger partial charge in [0.05, 0.1) is 28.8 Å². The predicted octanol–water partition coefficient (Wildman–Crippen LogP) is 5.31. The largest absolute Gasteiger partial charge is 0.416 e. The summed E-state index contributed by atoms with van der Waals surface area (Å²) in [5, 5.41) is 23.4. The average molecular weight is 587 g/mol. The Labute approximate surface area is 230 Å². The van der Waals surface area contributed by atoms with Crippen molar-refractivity contribution in [2.45, 2.75) is 75.9 Å². The number of halogens is 6. The van der Waals surface area contributed by atoms with Gasteiger partial charge in [0, 0.05) is 36.2 Å². The second-order valence-electron chi connectivity index (χ2n) is 10.5. The van der Waals surface area contributed by atoms with E-state index < -0.39 is 40.4 Å². The van der Waals surface area contributed by atoms with E-state index in [1.165, 1.54) is 18.0 Å². The highest BCUT2D eigenvalue weighted by molar-refractivity contribution is 5.43. The Morgan fingerprint density at radius 2 is 1.68 bits per heavy atom. The Bertz CT molecular complexity index is 1370. The van der Waals surface area contributed by atoms with Crippen LogP contribution < -0.4 is 10.6 Å². The summed E-state index contributed by atoms with van der Waals surface area (Å²) < 4.78 is 81.2. The minimum Gasteiger partial charge on any atom is -0.329 e. The summed E-state index contributed by atoms with van der Waals surface area (Å²) in [6, 6.07) is 2.40. The van der Waals surface area contributed by atoms with E-state index in [9.17, 15) is 36.5 Å². The van der Waals surface area contributed by atoms with Gasteiger partial charge in [0.2, 0.25) is 0 Å². The second kappa shape index (κ2) is 11.2. The van der Waals surface area contributed by atoms with Gasteiger partial charge in [0.25, 0.3) is 11.6 Å². The van der Waals surface area contributed by atoms with E-state index in [0.29, 0.717) is 29.8 Å². The first-order chi connectivity index (χ1) is 19.1. The number of alkyl halides is 6. The molecule has 0 spiro atoms. The molecule has 16 heteroatoms. The number of nitrogens with zero attached hydrogens (tertiary/aromatic N) is 7. The van der Waals surface area contributed by atoms with Crippen molar-refractivity contribution in [1.82, 2.24) is 25.2 Å². The summed E-state index contributed by atoms with van der Waals surface area (Å²) in [5.74, 6) is -0.0939. The molecule has 2 heterocycles. The summed E-state index contributed by atoms with van der Waals surface area (Å²) in [7, 11) is 1.44. The third-order valence-corrected chi connectivity index (χ3v) is 7.10. The zero-order valence-electron chi connectivity index (χ0n) is 22.2. The maximum Gasteiger partial charge on any atom is 0.416 e. The van der Waals surface area contributed by atoms with Gasteiger partial charge in [0.15, 0.2) is 0 Å². The van der Waals surface area contributed by atoms with Crippen LogP contribution >= 0.6 is 0 Å². The van der Waals surface area contributed by atoms with Gasteiger partial charge in [-0.1, -0.05) is 17.9 Å². The molecule has 1 unspecified atom stereocenters. The van der Waals surface area contributed by atoms with Crippen LogP contribution in [-0.2, 0) is 37.9 Å². The number of hydrogen-bond donors (Lipinski definition) is 1. The Kier molecular flexibility index (Phi) is 8.25. The zero-order valence-corrected chi connectivity index (χ0v) is 22.2. The van der Waals surface area contributed by atoms with Crippen molar-refractivity contribution < 1.29 is 31.3 Å². The van der Waals surface area contributed by atoms with Crippen LogP contribution in [0.1, 0.15) is 67.0 Å². The van der Waals surface area contributed by atoms with E-state index in [4.69, 9.17) is 5.73 Å². The lowest BCUT2D eigenvalue weighted by Gasteiger charge is -2.33. The van der Waals surface area contributed by atoms with Crippen LogP contribution in [0.4, 0.5) is 38.0 Å². The van der Waals surface area contributed by atoms with E-state index >= 15 is 0 Å². The van der Waals surface area contributed by atoms with E-state index in [2.05, 4.69) is 20.4 Å². The highest BCUT2D eigenvalue weighted by atomic mass is 19.4. The third-order valence-electron chi connectivity index (χ3n) is 7.10. The van der Waals surface area contributed by atoms with Gasteiger partial charge >= 0.3 is 12.4 Å². The molecule has 1 aromatic carbocycles. The van der Waals surface area contributed by atoms with Crippen LogP contribution in [0.5, 0.6) is 0 Å². The normalized spacial score (nSPS) is 16.1. The van der Waals surface area contributed by atoms with Gasteiger partial charge in [0.1, 0.15) is 6.20 Å². The molecule has 1 atom stereocenters. The molecule has 0 saturated heterocycles. The minimum absolute atomic E-state index is 0.0504. The molecule has 2 aromatic heterocycles. The summed E-state index contributed by atoms with van der Waals surface area (Å²) in [4.78, 5) is 17.9. The fraction of sp³-hybridized carbons (Fsp3) is 0.520. The standard InChI is InChI=1S/C25H28F6N8O2/c1-15(32)11-23(5-3-4-6-23)21-17(9-20(12-33-21)39(40)41)14-38(22-34-36-37(2)35-22)13-16-7-18(24(26,27)28)10-19(8-16)25(29,30)31/h7-10,12,15H,3-6,11,13-14,32H2,1-2H3. The zero-order chi connectivity index (χ0) is 30.2. The fourth-order valence-corrected chi connectivity index (χ4v) is 5.54. The molecular weight excluding hydrogens is 558 g/mol. The molecule has 1 fully saturated rings. The van der Waals surface area contributed by atoms with Crippen LogP contribution in [-0.4, -0.2) is 36.2 Å². The number of rotatable bonds is 9. The van der Waals surface area contributed by atoms with Gasteiger partial charge in [-0.3, -0.25) is 15.1 Å². The second-order valence-corrected chi connectivity index (χ2v) is 10.5. The number of nitrogens with two attached hydrogens (primary N) is 1. The SMILES string of the molecule is CC(N)CC1(c2ncc([N+](=O)[O-])cc2CN(Cc2cc(C(F)(F)F)cc(C(F)(F)F)c2)c2nnn(C)n2)CCCC1. The number of aromatic nitrogens is 5. The van der Waals surface area contributed by atoms with Crippen LogP contribution in [0, 0.1) is 10.1 Å². The molecule has 4 rings (SSSR count). The highest BCUT2D eigenvalue weighted by Gasteiger charge is 2.41. The maximum atomic E-state index is 13.5. The number of nitro groups is 1. The molecule has 1 aliphatic carbocycles. The molecule has 3 aromatic rings. The summed E-state index contributed by atoms with van der Waals surface area (Å²) >= 11 is 0. The summed E-state index contributed by atoms with van der Waals surface area (Å²) in [6.45, 7) is 1.15. The van der Waals surface area contributed by atoms with E-state index in [0.717, 1.165) is 36.7 Å². The number of hydrogen-bond acceptors (Lipinski definition) is 8. The van der Waals surface area contributed by atoms with Crippen LogP contribution in [0.15, 0.2) is 30.5 Å². The molecule has 0 aliphatic heterocycles. The molecule has 2 N–H and O–H groups in total. The first-order valence-corrected chi connectivity index (χ1v) is 12.7. The molecule has 1 saturated carbocycles. The van der Waals surface area contributed by atoms with Crippen molar-refractivity contribution in [2.75, 3.05) is 4.90 Å². The minimum atomic E-state index is -5.03. The van der Waals surface area contributed by atoms with Crippen molar-refractivity contribution in [3.63, 3.8) is 0 Å². The van der Waals surface area contributed by atoms with Crippen molar-refractivity contribution in [3.05, 3.63) is 68.5 Å². The van der Waals surface area contributed by atoms with Crippen LogP contribution in [0.3, 0.4) is 0 Å². The Balaban J connectivity index is 1.83. The van der Waals surface area contributed by atoms with Crippen molar-refractivity contribution >= 4 is 11.6 Å². The van der Waals surface area contributed by atoms with Crippen molar-refractivity contribution in [2.24, 2.45) is 12.8 Å². The lowest BCUT2D eigenvalue weighted by molar-refractivity contribution is -0.385. The smallest absolute Gasteiger partial charge is 0.329 e. The van der Waals surface area contributed by atoms with Gasteiger partial charge < -0.3 is 10.6 Å². The van der Waals surface area contributed by atoms with Crippen molar-refractivity contribution in [3.8, 4) is 0 Å². The lowest BCUT2D eigenvalue weighted by Crippen LogP contribution is -2.34. The summed E-state index contributed by atoms with van der Waals surface area (Å²) in [5.41, 5.74) is 3.02. The molecular formula is C25H28F6N8O2. The van der Waals surface area contributed by atoms with E-state index in [1.807, 2.05) is 6.92 Å². The van der Waals surface area contributed by atoms with Gasteiger partial charge in [-0.15, -0.1) is 5.10 Å². The van der Waals surface area contributed by atoms with Gasteiger partial charge in [-0.25, -0.2) is 0 Å². The van der Waals surface area contributed by atoms with E-state index in [1.54, 1.807) is 0 Å². The fourth-order valence-electron chi connectivity index (χ4n) is 5.54. The molecule has 0 amide bonds. The Hall–Kier alpha value is -3.82. The highest BCUT2D eigenvalue weighted by Crippen LogP contribution is 2.46. The monoisotopic (exact) mass is 586 g/mol. The first kappa shape index (κ1) is 30.1. The molecule has 222 valence electrons. The number of pyridine rings is 1. The quantitative estimate of drug-likeness (QED) is 0.203.